The molecule has 0 fully saturated rings. The highest BCUT2D eigenvalue weighted by Gasteiger charge is 2.36. The molecule has 0 spiro atoms. The maximum atomic E-state index is 13.6. The summed E-state index contributed by atoms with van der Waals surface area (Å²) in [4.78, 5) is 13.6. The van der Waals surface area contributed by atoms with Gasteiger partial charge in [0.1, 0.15) is 57.0 Å². The number of ether oxygens (including phenoxy) is 4. The van der Waals surface area contributed by atoms with Crippen molar-refractivity contribution >= 4 is 44.8 Å². The van der Waals surface area contributed by atoms with Gasteiger partial charge in [0, 0.05) is 44.2 Å². The first kappa shape index (κ1) is 51.4. The number of carbonyl (C=O) groups excluding carboxylic acids is 1. The maximum absolute atomic E-state index is 13.6. The van der Waals surface area contributed by atoms with E-state index in [9.17, 15) is 4.79 Å². The fourth-order valence-corrected chi connectivity index (χ4v) is 11.8. The molecule has 0 radical (unpaired) electrons. The molecule has 1 aromatic heterocycles. The van der Waals surface area contributed by atoms with Crippen molar-refractivity contribution in [3.63, 3.8) is 0 Å². The number of carbonyl (C=O) groups is 1. The van der Waals surface area contributed by atoms with Crippen LogP contribution in [0.3, 0.4) is 0 Å². The standard InChI is InChI=1S/C56H70O11P2/c1-14-19-33(5)43-25-38(58-10)29-47-48-30-39(59-11)26-44(34(6)20-15-2)53(48)64-68(63-52(43)47)65-54-45(35(7)21-16-3)27-40(60-12)31-49(54)50-32-41(61-13)28-46(36(8)22-17-4)55(50)66-69-62-51-37(9)23-18-24-42(51)56(57)67-69/h18,23-36H,14-17,19-22H2,1-13H3. The van der Waals surface area contributed by atoms with Crippen molar-refractivity contribution in [2.45, 2.75) is 137 Å². The third-order valence-electron chi connectivity index (χ3n) is 13.3. The van der Waals surface area contributed by atoms with Gasteiger partial charge in [-0.2, -0.15) is 0 Å². The van der Waals surface area contributed by atoms with Crippen molar-refractivity contribution in [3.8, 4) is 51.4 Å². The van der Waals surface area contributed by atoms with Gasteiger partial charge in [0.05, 0.1) is 28.4 Å². The fourth-order valence-electron chi connectivity index (χ4n) is 9.53. The lowest BCUT2D eigenvalue weighted by Crippen LogP contribution is -2.16. The number of hydrogen-bond acceptors (Lipinski definition) is 11. The summed E-state index contributed by atoms with van der Waals surface area (Å²) < 4.78 is 65.5. The summed E-state index contributed by atoms with van der Waals surface area (Å²) in [6.07, 6.45) is 7.38. The second-order valence-electron chi connectivity index (χ2n) is 18.4. The zero-order valence-corrected chi connectivity index (χ0v) is 44.5. The molecular formula is C56H70O11P2. The smallest absolute Gasteiger partial charge is 0.497 e. The molecule has 1 aliphatic heterocycles. The van der Waals surface area contributed by atoms with Gasteiger partial charge in [0.15, 0.2) is 0 Å². The first-order valence-electron chi connectivity index (χ1n) is 24.5. The zero-order valence-electron chi connectivity index (χ0n) is 42.7. The van der Waals surface area contributed by atoms with Crippen molar-refractivity contribution in [2.75, 3.05) is 28.4 Å². The lowest BCUT2D eigenvalue weighted by atomic mass is 9.88. The molecule has 0 aliphatic carbocycles. The fraction of sp³-hybridized carbons (Fsp3) is 0.446. The highest BCUT2D eigenvalue weighted by molar-refractivity contribution is 7.43. The van der Waals surface area contributed by atoms with Crippen LogP contribution in [0.15, 0.2) is 75.1 Å². The van der Waals surface area contributed by atoms with Crippen LogP contribution in [0.1, 0.15) is 169 Å². The lowest BCUT2D eigenvalue weighted by molar-refractivity contribution is 0.0696. The highest BCUT2D eigenvalue weighted by atomic mass is 31.2. The van der Waals surface area contributed by atoms with Crippen molar-refractivity contribution in [3.05, 3.63) is 100 Å². The van der Waals surface area contributed by atoms with Crippen molar-refractivity contribution < 1.29 is 50.2 Å². The molecule has 69 heavy (non-hydrogen) atoms. The average Bonchev–Trinajstić information content (AvgIpc) is 3.50. The predicted molar refractivity (Wildman–Crippen MR) is 278 cm³/mol. The van der Waals surface area contributed by atoms with Crippen LogP contribution in [0.25, 0.3) is 33.1 Å². The van der Waals surface area contributed by atoms with E-state index in [1.54, 1.807) is 34.5 Å². The van der Waals surface area contributed by atoms with Crippen LogP contribution in [-0.4, -0.2) is 34.4 Å². The largest absolute Gasteiger partial charge is 0.532 e. The van der Waals surface area contributed by atoms with E-state index in [1.807, 2.05) is 55.5 Å². The van der Waals surface area contributed by atoms with Gasteiger partial charge in [-0.25, -0.2) is 4.79 Å². The summed E-state index contributed by atoms with van der Waals surface area (Å²) in [6.45, 7) is 19.4. The summed E-state index contributed by atoms with van der Waals surface area (Å²) in [7, 11) is 2.23. The second kappa shape index (κ2) is 22.9. The predicted octanol–water partition coefficient (Wildman–Crippen LogP) is 17.6. The third-order valence-corrected chi connectivity index (χ3v) is 15.3. The van der Waals surface area contributed by atoms with Gasteiger partial charge in [-0.05, 0) is 116 Å². The minimum atomic E-state index is -2.25. The van der Waals surface area contributed by atoms with Crippen molar-refractivity contribution in [1.82, 2.24) is 0 Å². The molecule has 5 aromatic carbocycles. The molecule has 6 aromatic rings. The van der Waals surface area contributed by atoms with Gasteiger partial charge in [0.2, 0.25) is 0 Å². The summed E-state index contributed by atoms with van der Waals surface area (Å²) >= 11 is 0. The Morgan fingerprint density at radius 2 is 0.913 bits per heavy atom. The Hall–Kier alpha value is -5.50. The van der Waals surface area contributed by atoms with E-state index >= 15 is 0 Å². The first-order valence-corrected chi connectivity index (χ1v) is 26.7. The molecule has 0 saturated carbocycles. The molecule has 5 atom stereocenters. The van der Waals surface area contributed by atoms with Gasteiger partial charge < -0.3 is 45.4 Å². The Kier molecular flexibility index (Phi) is 17.1. The second-order valence-corrected chi connectivity index (χ2v) is 20.4. The third kappa shape index (κ3) is 11.0. The topological polar surface area (TPSA) is 117 Å². The van der Waals surface area contributed by atoms with E-state index in [4.69, 9.17) is 45.4 Å². The van der Waals surface area contributed by atoms with Gasteiger partial charge in [-0.15, -0.1) is 0 Å². The van der Waals surface area contributed by atoms with Gasteiger partial charge in [-0.1, -0.05) is 93.2 Å². The minimum Gasteiger partial charge on any atom is -0.497 e. The molecule has 7 rings (SSSR count). The van der Waals surface area contributed by atoms with Crippen LogP contribution in [0.5, 0.6) is 40.2 Å². The summed E-state index contributed by atoms with van der Waals surface area (Å²) in [5.74, 6) is 3.90. The average molecular weight is 981 g/mol. The van der Waals surface area contributed by atoms with Gasteiger partial charge >= 0.3 is 22.8 Å². The number of fused-ring (bicyclic) bond motifs is 4. The lowest BCUT2D eigenvalue weighted by Gasteiger charge is -2.28. The van der Waals surface area contributed by atoms with E-state index in [0.29, 0.717) is 56.6 Å². The van der Waals surface area contributed by atoms with Crippen LogP contribution < -0.4 is 32.5 Å². The summed E-state index contributed by atoms with van der Waals surface area (Å²) in [5.41, 5.74) is 7.58. The van der Waals surface area contributed by atoms with E-state index in [2.05, 4.69) is 67.5 Å². The molecule has 0 saturated heterocycles. The molecule has 5 unspecified atom stereocenters. The number of para-hydroxylation sites is 1. The molecular weight excluding hydrogens is 911 g/mol. The Bertz CT molecular complexity index is 2740. The molecule has 0 N–H and O–H groups in total. The zero-order chi connectivity index (χ0) is 49.5. The Morgan fingerprint density at radius 3 is 1.35 bits per heavy atom. The molecule has 1 aliphatic rings. The Balaban J connectivity index is 1.58. The van der Waals surface area contributed by atoms with E-state index in [0.717, 1.165) is 101 Å². The number of hydrogen-bond donors (Lipinski definition) is 0. The van der Waals surface area contributed by atoms with E-state index < -0.39 is 22.8 Å². The van der Waals surface area contributed by atoms with E-state index in [1.165, 1.54) is 0 Å². The monoisotopic (exact) mass is 980 g/mol. The van der Waals surface area contributed by atoms with Gasteiger partial charge in [-0.3, -0.25) is 0 Å². The van der Waals surface area contributed by atoms with Crippen molar-refractivity contribution in [1.29, 1.82) is 0 Å². The number of aryl methyl sites for hydroxylation is 1. The van der Waals surface area contributed by atoms with Crippen molar-refractivity contribution in [2.24, 2.45) is 0 Å². The molecule has 13 heteroatoms. The summed E-state index contributed by atoms with van der Waals surface area (Å²) in [5, 5.41) is 1.68. The SMILES string of the molecule is CCCC(C)c1cc(OC)cc(-c2cc(OC)cc(C(C)CCC)c2Op2oc3c(C(C)CCC)cc(OC)cc3c3cc(OC)cc(C(C)CCC)c3o2)c1OP1OC(=O)c2cccc(C)c2O1. The van der Waals surface area contributed by atoms with Gasteiger partial charge in [0.25, 0.3) is 0 Å². The molecule has 2 heterocycles. The van der Waals surface area contributed by atoms with Crippen LogP contribution in [-0.2, 0) is 4.52 Å². The minimum absolute atomic E-state index is 0.00349. The Morgan fingerprint density at radius 1 is 0.507 bits per heavy atom. The molecule has 11 nitrogen and oxygen atoms in total. The molecule has 370 valence electrons. The van der Waals surface area contributed by atoms with Crippen LogP contribution in [0.2, 0.25) is 0 Å². The highest BCUT2D eigenvalue weighted by Crippen LogP contribution is 2.56. The first-order chi connectivity index (χ1) is 33.3. The van der Waals surface area contributed by atoms with Crippen LogP contribution in [0, 0.1) is 6.92 Å². The Labute approximate surface area is 410 Å². The normalized spacial score (nSPS) is 15.3. The summed E-state index contributed by atoms with van der Waals surface area (Å²) in [6, 6.07) is 21.6. The van der Waals surface area contributed by atoms with E-state index in [-0.39, 0.29) is 23.7 Å². The molecule has 0 amide bonds. The number of benzene rings is 5. The molecule has 0 bridgehead atoms. The number of methoxy groups -OCH3 is 4. The maximum Gasteiger partial charge on any atom is 0.532 e. The number of rotatable bonds is 21. The van der Waals surface area contributed by atoms with Crippen LogP contribution in [0.4, 0.5) is 0 Å². The van der Waals surface area contributed by atoms with Crippen LogP contribution >= 0.6 is 16.8 Å². The quantitative estimate of drug-likeness (QED) is 0.0642.